The Kier molecular flexibility index (Phi) is 4.38. The Bertz CT molecular complexity index is 394. The number of benzene rings is 1. The van der Waals surface area contributed by atoms with Crippen LogP contribution in [0.25, 0.3) is 10.1 Å². The summed E-state index contributed by atoms with van der Waals surface area (Å²) in [6.45, 7) is 1.44. The van der Waals surface area contributed by atoms with E-state index in [1.807, 2.05) is 0 Å². The van der Waals surface area contributed by atoms with Gasteiger partial charge in [0.25, 0.3) is 0 Å². The van der Waals surface area contributed by atoms with Gasteiger partial charge in [0, 0.05) is 13.7 Å². The molecule has 1 aromatic carbocycles. The molecule has 0 amide bonds. The minimum atomic E-state index is 0.750. The minimum Gasteiger partial charge on any atom is -0.304 e. The first-order valence-electron chi connectivity index (χ1n) is 3.81. The predicted octanol–water partition coefficient (Wildman–Crippen LogP) is 3.71. The molecule has 68 valence electrons. The van der Waals surface area contributed by atoms with Gasteiger partial charge in [-0.3, -0.25) is 0 Å². The van der Waals surface area contributed by atoms with Gasteiger partial charge in [0.2, 0.25) is 0 Å². The summed E-state index contributed by atoms with van der Waals surface area (Å²) in [5, 5.41) is 3.51. The molecule has 13 heavy (non-hydrogen) atoms. The number of hydrogen-bond donors (Lipinski definition) is 0. The molecule has 1 nitrogen and oxygen atoms in total. The van der Waals surface area contributed by atoms with Crippen LogP contribution < -0.4 is 0 Å². The molecule has 0 aliphatic heterocycles. The summed E-state index contributed by atoms with van der Waals surface area (Å²) < 4.78 is 2.73. The van der Waals surface area contributed by atoms with E-state index in [4.69, 9.17) is 4.79 Å². The molecule has 0 N–H and O–H groups in total. The molecule has 1 heterocycles. The predicted molar refractivity (Wildman–Crippen MR) is 66.3 cm³/mol. The summed E-state index contributed by atoms with van der Waals surface area (Å²) in [6, 6.07) is 8.56. The van der Waals surface area contributed by atoms with Crippen LogP contribution in [0.3, 0.4) is 0 Å². The van der Waals surface area contributed by atoms with Crippen molar-refractivity contribution in [1.29, 1.82) is 0 Å². The van der Waals surface area contributed by atoms with Crippen molar-refractivity contribution in [2.75, 3.05) is 0 Å². The number of halogens is 1. The average molecular weight is 304 g/mol. The maximum Gasteiger partial charge on any atom is 0.116 e. The van der Waals surface area contributed by atoms with E-state index in [2.05, 4.69) is 52.2 Å². The molecule has 0 radical (unpaired) electrons. The molecule has 0 aliphatic carbocycles. The number of rotatable bonds is 0. The van der Waals surface area contributed by atoms with Crippen molar-refractivity contribution in [3.05, 3.63) is 33.2 Å². The summed E-state index contributed by atoms with van der Waals surface area (Å²) in [7, 11) is 0. The third kappa shape index (κ3) is 2.77. The van der Waals surface area contributed by atoms with Crippen molar-refractivity contribution in [1.82, 2.24) is 0 Å². The van der Waals surface area contributed by atoms with Crippen LogP contribution in [0.4, 0.5) is 0 Å². The fourth-order valence-electron chi connectivity index (χ4n) is 0.957. The Balaban J connectivity index is 0.000000251. The summed E-state index contributed by atoms with van der Waals surface area (Å²) in [4.78, 5) is 8.81. The largest absolute Gasteiger partial charge is 0.304 e. The number of aldehydes is 1. The second kappa shape index (κ2) is 5.34. The zero-order valence-electron chi connectivity index (χ0n) is 7.16. The second-order valence-corrected chi connectivity index (χ2v) is 4.42. The second-order valence-electron chi connectivity index (χ2n) is 2.31. The number of carbonyl (C=O) groups excluding carboxylic acids is 1. The van der Waals surface area contributed by atoms with E-state index in [0.717, 1.165) is 6.29 Å². The molecule has 1 aromatic heterocycles. The van der Waals surface area contributed by atoms with Crippen molar-refractivity contribution in [3.8, 4) is 0 Å². The van der Waals surface area contributed by atoms with E-state index < -0.39 is 0 Å². The van der Waals surface area contributed by atoms with Gasteiger partial charge in [-0.15, -0.1) is 11.3 Å². The van der Waals surface area contributed by atoms with Crippen LogP contribution in [-0.4, -0.2) is 6.29 Å². The highest BCUT2D eigenvalue weighted by molar-refractivity contribution is 14.1. The Labute approximate surface area is 94.9 Å². The van der Waals surface area contributed by atoms with Crippen LogP contribution in [0.5, 0.6) is 0 Å². The van der Waals surface area contributed by atoms with Gasteiger partial charge < -0.3 is 4.79 Å². The average Bonchev–Trinajstić information content (AvgIpc) is 2.54. The Morgan fingerprint density at radius 3 is 2.69 bits per heavy atom. The maximum absolute atomic E-state index is 8.81. The van der Waals surface area contributed by atoms with Gasteiger partial charge >= 0.3 is 0 Å². The lowest BCUT2D eigenvalue weighted by Gasteiger charge is -1.90. The van der Waals surface area contributed by atoms with Crippen LogP contribution in [0, 0.1) is 3.57 Å². The van der Waals surface area contributed by atoms with E-state index in [-0.39, 0.29) is 0 Å². The fourth-order valence-corrected chi connectivity index (χ4v) is 2.63. The SMILES string of the molecule is CC=O.Ic1cccc2sccc12. The zero-order valence-corrected chi connectivity index (χ0v) is 10.1. The molecule has 3 heteroatoms. The molecule has 2 rings (SSSR count). The van der Waals surface area contributed by atoms with E-state index in [9.17, 15) is 0 Å². The van der Waals surface area contributed by atoms with E-state index >= 15 is 0 Å². The number of fused-ring (bicyclic) bond motifs is 1. The highest BCUT2D eigenvalue weighted by atomic mass is 127. The Morgan fingerprint density at radius 1 is 1.38 bits per heavy atom. The van der Waals surface area contributed by atoms with Gasteiger partial charge in [-0.1, -0.05) is 6.07 Å². The van der Waals surface area contributed by atoms with Gasteiger partial charge in [-0.25, -0.2) is 0 Å². The lowest BCUT2D eigenvalue weighted by atomic mass is 10.3. The van der Waals surface area contributed by atoms with Crippen molar-refractivity contribution in [3.63, 3.8) is 0 Å². The Hall–Kier alpha value is -0.420. The first-order valence-corrected chi connectivity index (χ1v) is 5.77. The van der Waals surface area contributed by atoms with Gasteiger partial charge in [-0.05, 0) is 53.1 Å². The number of thiophene rings is 1. The van der Waals surface area contributed by atoms with Crippen molar-refractivity contribution >= 4 is 50.3 Å². The Morgan fingerprint density at radius 2 is 2.08 bits per heavy atom. The number of carbonyl (C=O) groups is 1. The molecule has 0 aliphatic rings. The summed E-state index contributed by atoms with van der Waals surface area (Å²) in [5.74, 6) is 0. The van der Waals surface area contributed by atoms with E-state index in [0.29, 0.717) is 0 Å². The number of hydrogen-bond acceptors (Lipinski definition) is 2. The molecular weight excluding hydrogens is 295 g/mol. The molecule has 0 atom stereocenters. The molecule has 0 bridgehead atoms. The molecule has 0 saturated heterocycles. The highest BCUT2D eigenvalue weighted by Gasteiger charge is 1.95. The summed E-state index contributed by atoms with van der Waals surface area (Å²) in [5.41, 5.74) is 0. The van der Waals surface area contributed by atoms with E-state index in [1.165, 1.54) is 20.6 Å². The van der Waals surface area contributed by atoms with Crippen molar-refractivity contribution in [2.45, 2.75) is 6.92 Å². The standard InChI is InChI=1S/C8H5IS.C2H4O/c9-7-2-1-3-8-6(7)4-5-10-8;1-2-3/h1-5H;2H,1H3. The smallest absolute Gasteiger partial charge is 0.116 e. The third-order valence-electron chi connectivity index (χ3n) is 1.44. The first-order chi connectivity index (χ1) is 6.29. The molecule has 0 unspecified atom stereocenters. The monoisotopic (exact) mass is 304 g/mol. The van der Waals surface area contributed by atoms with Crippen LogP contribution in [0.1, 0.15) is 6.92 Å². The molecule has 0 saturated carbocycles. The fraction of sp³-hybridized carbons (Fsp3) is 0.100. The van der Waals surface area contributed by atoms with Crippen LogP contribution in [0.2, 0.25) is 0 Å². The topological polar surface area (TPSA) is 17.1 Å². The van der Waals surface area contributed by atoms with Gasteiger partial charge in [0.15, 0.2) is 0 Å². The highest BCUT2D eigenvalue weighted by Crippen LogP contribution is 2.24. The lowest BCUT2D eigenvalue weighted by Crippen LogP contribution is -1.67. The van der Waals surface area contributed by atoms with Crippen molar-refractivity contribution in [2.24, 2.45) is 0 Å². The van der Waals surface area contributed by atoms with Crippen molar-refractivity contribution < 1.29 is 4.79 Å². The van der Waals surface area contributed by atoms with Crippen LogP contribution >= 0.6 is 33.9 Å². The molecule has 0 spiro atoms. The third-order valence-corrected chi connectivity index (χ3v) is 3.27. The lowest BCUT2D eigenvalue weighted by molar-refractivity contribution is -0.106. The zero-order chi connectivity index (χ0) is 9.68. The normalized spacial score (nSPS) is 9.08. The van der Waals surface area contributed by atoms with E-state index in [1.54, 1.807) is 11.3 Å². The quantitative estimate of drug-likeness (QED) is 0.535. The molecular formula is C10H9IOS. The van der Waals surface area contributed by atoms with Gasteiger partial charge in [0.05, 0.1) is 0 Å². The molecule has 0 fully saturated rings. The van der Waals surface area contributed by atoms with Gasteiger partial charge in [0.1, 0.15) is 6.29 Å². The first kappa shape index (κ1) is 10.7. The minimum absolute atomic E-state index is 0.750. The van der Waals surface area contributed by atoms with Crippen LogP contribution in [-0.2, 0) is 4.79 Å². The van der Waals surface area contributed by atoms with Gasteiger partial charge in [-0.2, -0.15) is 0 Å². The molecule has 2 aromatic rings. The van der Waals surface area contributed by atoms with Crippen LogP contribution in [0.15, 0.2) is 29.6 Å². The maximum atomic E-state index is 8.81. The summed E-state index contributed by atoms with van der Waals surface area (Å²) in [6.07, 6.45) is 0.750. The summed E-state index contributed by atoms with van der Waals surface area (Å²) >= 11 is 4.16.